The number of halogens is 3. The Labute approximate surface area is 115 Å². The maximum Gasteiger partial charge on any atom is 0.143 e. The first kappa shape index (κ1) is 13.9. The van der Waals surface area contributed by atoms with Crippen LogP contribution in [0.4, 0.5) is 8.78 Å². The maximum atomic E-state index is 13.9. The lowest BCUT2D eigenvalue weighted by Gasteiger charge is -2.37. The molecule has 0 radical (unpaired) electrons. The summed E-state index contributed by atoms with van der Waals surface area (Å²) in [6.45, 7) is 2.15. The Bertz CT molecular complexity index is 450. The second-order valence-electron chi connectivity index (χ2n) is 5.56. The van der Waals surface area contributed by atoms with Crippen LogP contribution >= 0.6 is 15.9 Å². The zero-order valence-corrected chi connectivity index (χ0v) is 12.1. The van der Waals surface area contributed by atoms with E-state index < -0.39 is 17.2 Å². The highest BCUT2D eigenvalue weighted by Gasteiger charge is 2.33. The van der Waals surface area contributed by atoms with Gasteiger partial charge in [-0.05, 0) is 53.2 Å². The molecule has 0 saturated heterocycles. The molecule has 1 aromatic rings. The van der Waals surface area contributed by atoms with Crippen molar-refractivity contribution in [2.75, 3.05) is 0 Å². The van der Waals surface area contributed by atoms with Gasteiger partial charge in [0.2, 0.25) is 0 Å². The molecule has 1 aliphatic rings. The molecule has 0 bridgehead atoms. The van der Waals surface area contributed by atoms with E-state index in [-0.39, 0.29) is 12.0 Å². The van der Waals surface area contributed by atoms with Crippen LogP contribution in [-0.2, 0) is 6.42 Å². The average molecular weight is 318 g/mol. The summed E-state index contributed by atoms with van der Waals surface area (Å²) in [4.78, 5) is 0. The van der Waals surface area contributed by atoms with Crippen molar-refractivity contribution in [1.82, 2.24) is 0 Å². The van der Waals surface area contributed by atoms with Crippen LogP contribution in [-0.4, -0.2) is 5.54 Å². The average Bonchev–Trinajstić information content (AvgIpc) is 2.29. The first-order chi connectivity index (χ1) is 8.41. The van der Waals surface area contributed by atoms with Gasteiger partial charge in [-0.2, -0.15) is 0 Å². The third-order valence-corrected chi connectivity index (χ3v) is 4.41. The number of nitrogens with two attached hydrogens (primary N) is 1. The lowest BCUT2D eigenvalue weighted by molar-refractivity contribution is 0.231. The van der Waals surface area contributed by atoms with Crippen molar-refractivity contribution < 1.29 is 8.78 Å². The van der Waals surface area contributed by atoms with E-state index in [1.54, 1.807) is 0 Å². The fourth-order valence-electron chi connectivity index (χ4n) is 2.94. The minimum atomic E-state index is -0.516. The van der Waals surface area contributed by atoms with E-state index in [2.05, 4.69) is 22.9 Å². The van der Waals surface area contributed by atoms with Crippen molar-refractivity contribution in [3.8, 4) is 0 Å². The van der Waals surface area contributed by atoms with Crippen molar-refractivity contribution in [2.45, 2.75) is 44.6 Å². The smallest absolute Gasteiger partial charge is 0.143 e. The van der Waals surface area contributed by atoms with Crippen LogP contribution < -0.4 is 5.73 Å². The van der Waals surface area contributed by atoms with Gasteiger partial charge in [0.05, 0.1) is 4.47 Å². The molecule has 2 unspecified atom stereocenters. The summed E-state index contributed by atoms with van der Waals surface area (Å²) < 4.78 is 28.0. The molecule has 0 spiro atoms. The Hall–Kier alpha value is -0.480. The zero-order valence-electron chi connectivity index (χ0n) is 10.5. The van der Waals surface area contributed by atoms with Gasteiger partial charge in [-0.25, -0.2) is 8.78 Å². The Balaban J connectivity index is 2.25. The summed E-state index contributed by atoms with van der Waals surface area (Å²) in [6, 6.07) is 2.68. The third kappa shape index (κ3) is 2.91. The largest absolute Gasteiger partial charge is 0.325 e. The molecule has 1 fully saturated rings. The van der Waals surface area contributed by atoms with Crippen LogP contribution in [0.5, 0.6) is 0 Å². The SMILES string of the molecule is CC1CCCC(N)(Cc2c(F)ccc(Br)c2F)C1. The molecule has 1 nitrogen and oxygen atoms in total. The van der Waals surface area contributed by atoms with Crippen molar-refractivity contribution in [2.24, 2.45) is 11.7 Å². The Morgan fingerprint density at radius 3 is 2.83 bits per heavy atom. The molecule has 0 heterocycles. The molecule has 1 saturated carbocycles. The summed E-state index contributed by atoms with van der Waals surface area (Å²) in [6.07, 6.45) is 4.13. The monoisotopic (exact) mass is 317 g/mol. The molecule has 1 aromatic carbocycles. The standard InChI is InChI=1S/C14H18BrF2N/c1-9-3-2-6-14(18,7-9)8-10-12(16)5-4-11(15)13(10)17/h4-5,9H,2-3,6-8,18H2,1H3. The van der Waals surface area contributed by atoms with Gasteiger partial charge >= 0.3 is 0 Å². The number of rotatable bonds is 2. The van der Waals surface area contributed by atoms with Crippen LogP contribution in [0.2, 0.25) is 0 Å². The van der Waals surface area contributed by atoms with E-state index >= 15 is 0 Å². The number of hydrogen-bond donors (Lipinski definition) is 1. The normalized spacial score (nSPS) is 28.4. The van der Waals surface area contributed by atoms with Crippen molar-refractivity contribution in [3.05, 3.63) is 33.8 Å². The van der Waals surface area contributed by atoms with Crippen LogP contribution in [0.3, 0.4) is 0 Å². The molecule has 0 amide bonds. The summed E-state index contributed by atoms with van der Waals surface area (Å²) in [5.41, 5.74) is 5.96. The minimum Gasteiger partial charge on any atom is -0.325 e. The summed E-state index contributed by atoms with van der Waals surface area (Å²) in [5, 5.41) is 0. The minimum absolute atomic E-state index is 0.112. The second-order valence-corrected chi connectivity index (χ2v) is 6.42. The van der Waals surface area contributed by atoms with E-state index in [1.165, 1.54) is 12.1 Å². The summed E-state index contributed by atoms with van der Waals surface area (Å²) in [5.74, 6) is -0.487. The fraction of sp³-hybridized carbons (Fsp3) is 0.571. The van der Waals surface area contributed by atoms with Gasteiger partial charge in [0.15, 0.2) is 0 Å². The maximum absolute atomic E-state index is 13.9. The quantitative estimate of drug-likeness (QED) is 0.814. The van der Waals surface area contributed by atoms with Crippen molar-refractivity contribution in [1.29, 1.82) is 0 Å². The molecule has 4 heteroatoms. The van der Waals surface area contributed by atoms with Gasteiger partial charge in [0, 0.05) is 11.1 Å². The van der Waals surface area contributed by atoms with Crippen LogP contribution in [0.25, 0.3) is 0 Å². The van der Waals surface area contributed by atoms with Crippen LogP contribution in [0.1, 0.15) is 38.2 Å². The Morgan fingerprint density at radius 1 is 1.44 bits per heavy atom. The predicted octanol–water partition coefficient (Wildman–Crippen LogP) is 4.18. The molecule has 100 valence electrons. The molecular formula is C14H18BrF2N. The molecule has 2 rings (SSSR count). The highest BCUT2D eigenvalue weighted by Crippen LogP contribution is 2.34. The molecule has 2 atom stereocenters. The van der Waals surface area contributed by atoms with Gasteiger partial charge in [0.1, 0.15) is 11.6 Å². The lowest BCUT2D eigenvalue weighted by atomic mass is 9.74. The van der Waals surface area contributed by atoms with Crippen LogP contribution in [0, 0.1) is 17.6 Å². The lowest BCUT2D eigenvalue weighted by Crippen LogP contribution is -2.46. The van der Waals surface area contributed by atoms with E-state index in [4.69, 9.17) is 5.73 Å². The first-order valence-corrected chi connectivity index (χ1v) is 7.12. The first-order valence-electron chi connectivity index (χ1n) is 6.32. The molecule has 0 aliphatic heterocycles. The predicted molar refractivity (Wildman–Crippen MR) is 72.3 cm³/mol. The highest BCUT2D eigenvalue weighted by atomic mass is 79.9. The third-order valence-electron chi connectivity index (χ3n) is 3.79. The van der Waals surface area contributed by atoms with Gasteiger partial charge in [-0.1, -0.05) is 19.8 Å². The van der Waals surface area contributed by atoms with E-state index in [9.17, 15) is 8.78 Å². The van der Waals surface area contributed by atoms with Crippen molar-refractivity contribution in [3.63, 3.8) is 0 Å². The molecule has 2 N–H and O–H groups in total. The highest BCUT2D eigenvalue weighted by molar-refractivity contribution is 9.10. The molecule has 18 heavy (non-hydrogen) atoms. The summed E-state index contributed by atoms with van der Waals surface area (Å²) >= 11 is 3.09. The van der Waals surface area contributed by atoms with Gasteiger partial charge in [-0.15, -0.1) is 0 Å². The topological polar surface area (TPSA) is 26.0 Å². The van der Waals surface area contributed by atoms with Gasteiger partial charge < -0.3 is 5.73 Å². The molecular weight excluding hydrogens is 300 g/mol. The Morgan fingerprint density at radius 2 is 2.17 bits per heavy atom. The fourth-order valence-corrected chi connectivity index (χ4v) is 3.32. The van der Waals surface area contributed by atoms with Crippen LogP contribution in [0.15, 0.2) is 16.6 Å². The molecule has 1 aliphatic carbocycles. The molecule has 0 aromatic heterocycles. The van der Waals surface area contributed by atoms with E-state index in [1.807, 2.05) is 0 Å². The van der Waals surface area contributed by atoms with Crippen molar-refractivity contribution >= 4 is 15.9 Å². The van der Waals surface area contributed by atoms with Gasteiger partial charge in [0.25, 0.3) is 0 Å². The van der Waals surface area contributed by atoms with E-state index in [0.717, 1.165) is 25.7 Å². The van der Waals surface area contributed by atoms with Gasteiger partial charge in [-0.3, -0.25) is 0 Å². The summed E-state index contributed by atoms with van der Waals surface area (Å²) in [7, 11) is 0. The zero-order chi connectivity index (χ0) is 13.3. The van der Waals surface area contributed by atoms with E-state index in [0.29, 0.717) is 10.4 Å². The number of benzene rings is 1. The second kappa shape index (κ2) is 5.25. The Kier molecular flexibility index (Phi) is 4.07. The number of hydrogen-bond acceptors (Lipinski definition) is 1.